The molecule has 0 aromatic carbocycles. The number of allylic oxidation sites excluding steroid dienone is 3. The first-order valence-corrected chi connectivity index (χ1v) is 18.1. The minimum absolute atomic E-state index is 0.521. The second-order valence-corrected chi connectivity index (χ2v) is 23.4. The Morgan fingerprint density at radius 3 is 1.38 bits per heavy atom. The molecule has 0 atom stereocenters. The van der Waals surface area contributed by atoms with Crippen molar-refractivity contribution < 1.29 is 8.85 Å². The maximum absolute atomic E-state index is 7.09. The summed E-state index contributed by atoms with van der Waals surface area (Å²) in [4.78, 5) is 0. The van der Waals surface area contributed by atoms with Gasteiger partial charge in [0.1, 0.15) is 5.76 Å². The van der Waals surface area contributed by atoms with Gasteiger partial charge in [-0.15, -0.1) is 0 Å². The zero-order chi connectivity index (χ0) is 27.0. The van der Waals surface area contributed by atoms with Gasteiger partial charge in [0, 0.05) is 5.57 Å². The van der Waals surface area contributed by atoms with Crippen LogP contribution in [0, 0.1) is 0 Å². The standard InChI is InChI=1S/C30H60O2Si2/c1-21(2)18-17-19-28(15)30(20-31-33(22(3)4,23(5)6)24(7)8)29(16)32-34(25(9)10,26(11)12)27(13)14/h18,22-27H,16-17,19-20H2,1-15H3/b30-28+. The lowest BCUT2D eigenvalue weighted by molar-refractivity contribution is 0.292. The van der Waals surface area contributed by atoms with Gasteiger partial charge in [-0.25, -0.2) is 0 Å². The van der Waals surface area contributed by atoms with Crippen LogP contribution in [0.4, 0.5) is 0 Å². The predicted molar refractivity (Wildman–Crippen MR) is 160 cm³/mol. The van der Waals surface area contributed by atoms with Crippen LogP contribution in [0.1, 0.15) is 117 Å². The maximum atomic E-state index is 7.09. The lowest BCUT2D eigenvalue weighted by Gasteiger charge is -2.44. The highest BCUT2D eigenvalue weighted by molar-refractivity contribution is 6.78. The molecule has 200 valence electrons. The highest BCUT2D eigenvalue weighted by atomic mass is 28.4. The van der Waals surface area contributed by atoms with Crippen LogP contribution in [0.3, 0.4) is 0 Å². The quantitative estimate of drug-likeness (QED) is 0.0947. The molecule has 0 heterocycles. The van der Waals surface area contributed by atoms with Crippen molar-refractivity contribution in [1.82, 2.24) is 0 Å². The van der Waals surface area contributed by atoms with E-state index < -0.39 is 16.6 Å². The second-order valence-electron chi connectivity index (χ2n) is 12.5. The fraction of sp³-hybridized carbons (Fsp3) is 0.800. The first-order valence-electron chi connectivity index (χ1n) is 13.8. The summed E-state index contributed by atoms with van der Waals surface area (Å²) in [5, 5.41) is 0. The second kappa shape index (κ2) is 14.2. The van der Waals surface area contributed by atoms with Crippen molar-refractivity contribution in [2.45, 2.75) is 150 Å². The average molecular weight is 509 g/mol. The van der Waals surface area contributed by atoms with E-state index in [-0.39, 0.29) is 0 Å². The first-order chi connectivity index (χ1) is 15.5. The zero-order valence-electron chi connectivity index (χ0n) is 25.7. The Balaban J connectivity index is 6.40. The minimum atomic E-state index is -2.08. The van der Waals surface area contributed by atoms with Gasteiger partial charge in [0.15, 0.2) is 0 Å². The third-order valence-electron chi connectivity index (χ3n) is 8.10. The summed E-state index contributed by atoms with van der Waals surface area (Å²) in [5.74, 6) is 0.872. The maximum Gasteiger partial charge on any atom is 0.258 e. The normalized spacial score (nSPS) is 14.0. The minimum Gasteiger partial charge on any atom is -0.543 e. The van der Waals surface area contributed by atoms with E-state index in [4.69, 9.17) is 8.85 Å². The zero-order valence-corrected chi connectivity index (χ0v) is 27.7. The van der Waals surface area contributed by atoms with E-state index in [0.29, 0.717) is 39.9 Å². The van der Waals surface area contributed by atoms with Crippen molar-refractivity contribution in [1.29, 1.82) is 0 Å². The number of hydrogen-bond acceptors (Lipinski definition) is 2. The fourth-order valence-corrected chi connectivity index (χ4v) is 17.1. The van der Waals surface area contributed by atoms with E-state index in [1.807, 2.05) is 0 Å². The Kier molecular flexibility index (Phi) is 14.0. The molecule has 0 saturated carbocycles. The van der Waals surface area contributed by atoms with Gasteiger partial charge in [-0.05, 0) is 66.9 Å². The highest BCUT2D eigenvalue weighted by Gasteiger charge is 2.48. The predicted octanol–water partition coefficient (Wildman–Crippen LogP) is 10.9. The van der Waals surface area contributed by atoms with E-state index in [1.165, 1.54) is 16.7 Å². The summed E-state index contributed by atoms with van der Waals surface area (Å²) in [6.07, 6.45) is 4.40. The van der Waals surface area contributed by atoms with E-state index in [9.17, 15) is 0 Å². The Morgan fingerprint density at radius 1 is 0.676 bits per heavy atom. The van der Waals surface area contributed by atoms with Gasteiger partial charge in [0.25, 0.3) is 8.32 Å². The molecule has 0 aliphatic heterocycles. The molecule has 2 nitrogen and oxygen atoms in total. The third kappa shape index (κ3) is 7.96. The molecule has 0 saturated heterocycles. The molecule has 0 aromatic rings. The van der Waals surface area contributed by atoms with Crippen molar-refractivity contribution >= 4 is 16.6 Å². The van der Waals surface area contributed by atoms with Gasteiger partial charge in [0.2, 0.25) is 8.32 Å². The van der Waals surface area contributed by atoms with Crippen molar-refractivity contribution in [2.75, 3.05) is 6.61 Å². The van der Waals surface area contributed by atoms with Crippen molar-refractivity contribution in [2.24, 2.45) is 0 Å². The summed E-state index contributed by atoms with van der Waals surface area (Å²) in [6.45, 7) is 40.0. The Hall–Kier alpha value is -0.586. The summed E-state index contributed by atoms with van der Waals surface area (Å²) in [7, 11) is -4.07. The Bertz CT molecular complexity index is 649. The van der Waals surface area contributed by atoms with Crippen molar-refractivity contribution in [3.8, 4) is 0 Å². The molecule has 0 aliphatic rings. The van der Waals surface area contributed by atoms with Crippen LogP contribution in [0.2, 0.25) is 33.2 Å². The molecule has 0 spiro atoms. The van der Waals surface area contributed by atoms with Crippen LogP contribution in [0.5, 0.6) is 0 Å². The topological polar surface area (TPSA) is 18.5 Å². The highest BCUT2D eigenvalue weighted by Crippen LogP contribution is 2.46. The van der Waals surface area contributed by atoms with E-state index >= 15 is 0 Å². The van der Waals surface area contributed by atoms with Gasteiger partial charge < -0.3 is 8.85 Å². The van der Waals surface area contributed by atoms with Crippen LogP contribution in [-0.4, -0.2) is 23.2 Å². The summed E-state index contributed by atoms with van der Waals surface area (Å²) in [6, 6.07) is 0. The molecule has 0 rings (SSSR count). The number of hydrogen-bond donors (Lipinski definition) is 0. The van der Waals surface area contributed by atoms with Crippen molar-refractivity contribution in [3.05, 3.63) is 35.1 Å². The lowest BCUT2D eigenvalue weighted by Crippen LogP contribution is -2.49. The van der Waals surface area contributed by atoms with Gasteiger partial charge in [-0.2, -0.15) is 0 Å². The van der Waals surface area contributed by atoms with Gasteiger partial charge in [-0.3, -0.25) is 0 Å². The molecule has 34 heavy (non-hydrogen) atoms. The Morgan fingerprint density at radius 2 is 1.06 bits per heavy atom. The smallest absolute Gasteiger partial charge is 0.258 e. The van der Waals surface area contributed by atoms with Gasteiger partial charge >= 0.3 is 0 Å². The van der Waals surface area contributed by atoms with Crippen LogP contribution in [-0.2, 0) is 8.85 Å². The Labute approximate surface area is 216 Å². The largest absolute Gasteiger partial charge is 0.543 e. The van der Waals surface area contributed by atoms with Crippen LogP contribution < -0.4 is 0 Å². The number of rotatable bonds is 15. The molecule has 0 radical (unpaired) electrons. The van der Waals surface area contributed by atoms with E-state index in [0.717, 1.165) is 18.6 Å². The molecule has 0 aromatic heterocycles. The molecule has 0 amide bonds. The summed E-state index contributed by atoms with van der Waals surface area (Å²) >= 11 is 0. The van der Waals surface area contributed by atoms with Gasteiger partial charge in [0.05, 0.1) is 6.61 Å². The molecular formula is C30H60O2Si2. The molecular weight excluding hydrogens is 449 g/mol. The average Bonchev–Trinajstić information content (AvgIpc) is 2.66. The van der Waals surface area contributed by atoms with Crippen molar-refractivity contribution in [3.63, 3.8) is 0 Å². The molecule has 4 heteroatoms. The van der Waals surface area contributed by atoms with Crippen LogP contribution >= 0.6 is 0 Å². The molecule has 0 fully saturated rings. The lowest BCUT2D eigenvalue weighted by atomic mass is 10.0. The molecule has 0 aliphatic carbocycles. The van der Waals surface area contributed by atoms with Crippen LogP contribution in [0.25, 0.3) is 0 Å². The van der Waals surface area contributed by atoms with E-state index in [1.54, 1.807) is 0 Å². The third-order valence-corrected chi connectivity index (χ3v) is 20.2. The monoisotopic (exact) mass is 508 g/mol. The summed E-state index contributed by atoms with van der Waals surface area (Å²) in [5.41, 5.74) is 7.18. The molecule has 0 bridgehead atoms. The SMILES string of the molecule is C=C(O[Si](C(C)C)(C(C)C)C(C)C)/C(CO[Si](C(C)C)(C(C)C)C(C)C)=C(\C)CCC=C(C)C. The van der Waals surface area contributed by atoms with Crippen LogP contribution in [0.15, 0.2) is 35.1 Å². The molecule has 0 unspecified atom stereocenters. The summed E-state index contributed by atoms with van der Waals surface area (Å²) < 4.78 is 14.2. The molecule has 0 N–H and O–H groups in total. The van der Waals surface area contributed by atoms with Gasteiger partial charge in [-0.1, -0.05) is 107 Å². The van der Waals surface area contributed by atoms with E-state index in [2.05, 4.69) is 117 Å². The fourth-order valence-electron chi connectivity index (χ4n) is 6.50. The first kappa shape index (κ1) is 33.4.